The highest BCUT2D eigenvalue weighted by molar-refractivity contribution is 5.91. The number of hydrogen-bond acceptors (Lipinski definition) is 5. The Hall–Kier alpha value is -3.74. The monoisotopic (exact) mass is 419 g/mol. The highest BCUT2D eigenvalue weighted by Crippen LogP contribution is 2.21. The van der Waals surface area contributed by atoms with E-state index in [-0.39, 0.29) is 5.91 Å². The van der Waals surface area contributed by atoms with Crippen molar-refractivity contribution in [3.8, 4) is 11.5 Å². The molecular weight excluding hydrogens is 394 g/mol. The number of nitrogens with zero attached hydrogens (tertiary/aromatic N) is 3. The predicted octanol–water partition coefficient (Wildman–Crippen LogP) is 4.38. The maximum atomic E-state index is 12.6. The average Bonchev–Trinajstić information content (AvgIpc) is 3.45. The van der Waals surface area contributed by atoms with Gasteiger partial charge in [-0.15, -0.1) is 0 Å². The van der Waals surface area contributed by atoms with Crippen molar-refractivity contribution in [2.24, 2.45) is 0 Å². The third kappa shape index (κ3) is 4.71. The molecule has 0 atom stereocenters. The van der Waals surface area contributed by atoms with Gasteiger partial charge in [0.2, 0.25) is 0 Å². The second kappa shape index (κ2) is 9.38. The number of hydrogen-bond donors (Lipinski definition) is 0. The van der Waals surface area contributed by atoms with Crippen LogP contribution in [-0.2, 0) is 13.1 Å². The number of rotatable bonds is 9. The molecule has 0 saturated carbocycles. The Morgan fingerprint density at radius 1 is 1.10 bits per heavy atom. The van der Waals surface area contributed by atoms with Crippen LogP contribution in [0, 0.1) is 0 Å². The van der Waals surface area contributed by atoms with E-state index in [0.29, 0.717) is 18.9 Å². The van der Waals surface area contributed by atoms with Crippen LogP contribution in [0.3, 0.4) is 0 Å². The molecule has 0 aliphatic rings. The van der Waals surface area contributed by atoms with Gasteiger partial charge in [0.1, 0.15) is 17.3 Å². The molecule has 0 bridgehead atoms. The molecule has 0 fully saturated rings. The lowest BCUT2D eigenvalue weighted by molar-refractivity contribution is 0.0748. The highest BCUT2D eigenvalue weighted by atomic mass is 16.5. The van der Waals surface area contributed by atoms with Crippen molar-refractivity contribution in [1.82, 2.24) is 14.5 Å². The van der Waals surface area contributed by atoms with Gasteiger partial charge in [0.15, 0.2) is 5.76 Å². The normalized spacial score (nSPS) is 10.9. The topological polar surface area (TPSA) is 69.7 Å². The van der Waals surface area contributed by atoms with Gasteiger partial charge in [0.25, 0.3) is 5.91 Å². The van der Waals surface area contributed by atoms with Crippen LogP contribution in [0.1, 0.15) is 22.8 Å². The molecule has 0 unspecified atom stereocenters. The fourth-order valence-corrected chi connectivity index (χ4v) is 3.47. The average molecular weight is 419 g/mol. The van der Waals surface area contributed by atoms with Crippen molar-refractivity contribution in [2.75, 3.05) is 20.8 Å². The van der Waals surface area contributed by atoms with Gasteiger partial charge < -0.3 is 23.4 Å². The number of ether oxygens (including phenoxy) is 2. The van der Waals surface area contributed by atoms with Crippen LogP contribution in [0.5, 0.6) is 11.5 Å². The van der Waals surface area contributed by atoms with Crippen molar-refractivity contribution in [1.29, 1.82) is 0 Å². The molecule has 160 valence electrons. The molecule has 4 rings (SSSR count). The second-order valence-corrected chi connectivity index (χ2v) is 7.19. The van der Waals surface area contributed by atoms with Crippen LogP contribution in [-0.4, -0.2) is 41.1 Å². The van der Waals surface area contributed by atoms with E-state index >= 15 is 0 Å². The van der Waals surface area contributed by atoms with Crippen LogP contribution < -0.4 is 9.47 Å². The number of fused-ring (bicyclic) bond motifs is 1. The molecule has 31 heavy (non-hydrogen) atoms. The quantitative estimate of drug-likeness (QED) is 0.377. The van der Waals surface area contributed by atoms with E-state index in [2.05, 4.69) is 4.57 Å². The molecule has 0 N–H and O–H groups in total. The van der Waals surface area contributed by atoms with Crippen molar-refractivity contribution in [3.63, 3.8) is 0 Å². The first-order chi connectivity index (χ1) is 15.2. The Labute approximate surface area is 180 Å². The molecule has 2 heterocycles. The van der Waals surface area contributed by atoms with Gasteiger partial charge in [-0.05, 0) is 42.8 Å². The molecule has 0 spiro atoms. The summed E-state index contributed by atoms with van der Waals surface area (Å²) in [5.74, 6) is 2.51. The molecule has 0 aliphatic carbocycles. The van der Waals surface area contributed by atoms with E-state index in [4.69, 9.17) is 18.9 Å². The number of para-hydroxylation sites is 2. The summed E-state index contributed by atoms with van der Waals surface area (Å²) in [4.78, 5) is 18.9. The van der Waals surface area contributed by atoms with E-state index < -0.39 is 0 Å². The zero-order valence-electron chi connectivity index (χ0n) is 17.7. The van der Waals surface area contributed by atoms with Gasteiger partial charge in [-0.25, -0.2) is 4.98 Å². The van der Waals surface area contributed by atoms with Gasteiger partial charge >= 0.3 is 0 Å². The third-order valence-electron chi connectivity index (χ3n) is 5.03. The van der Waals surface area contributed by atoms with Crippen LogP contribution in [0.25, 0.3) is 11.0 Å². The van der Waals surface area contributed by atoms with Crippen LogP contribution in [0.15, 0.2) is 71.3 Å². The number of aromatic nitrogens is 2. The van der Waals surface area contributed by atoms with Crippen LogP contribution >= 0.6 is 0 Å². The Morgan fingerprint density at radius 3 is 2.74 bits per heavy atom. The first-order valence-electron chi connectivity index (χ1n) is 10.2. The number of methoxy groups -OCH3 is 1. The van der Waals surface area contributed by atoms with E-state index in [1.54, 1.807) is 31.2 Å². The first-order valence-corrected chi connectivity index (χ1v) is 10.2. The summed E-state index contributed by atoms with van der Waals surface area (Å²) in [5.41, 5.74) is 1.95. The lowest BCUT2D eigenvalue weighted by Crippen LogP contribution is -2.27. The summed E-state index contributed by atoms with van der Waals surface area (Å²) in [6.07, 6.45) is 2.29. The molecule has 1 amide bonds. The Kier molecular flexibility index (Phi) is 6.21. The summed E-state index contributed by atoms with van der Waals surface area (Å²) >= 11 is 0. The molecule has 2 aromatic heterocycles. The lowest BCUT2D eigenvalue weighted by Gasteiger charge is -2.17. The molecule has 0 radical (unpaired) electrons. The fourth-order valence-electron chi connectivity index (χ4n) is 3.47. The summed E-state index contributed by atoms with van der Waals surface area (Å²) < 4.78 is 18.5. The number of imidazole rings is 1. The number of amides is 1. The minimum absolute atomic E-state index is 0.176. The summed E-state index contributed by atoms with van der Waals surface area (Å²) in [6, 6.07) is 18.9. The van der Waals surface area contributed by atoms with Gasteiger partial charge in [-0.2, -0.15) is 0 Å². The largest absolute Gasteiger partial charge is 0.497 e. The highest BCUT2D eigenvalue weighted by Gasteiger charge is 2.18. The molecule has 0 saturated heterocycles. The molecule has 7 heteroatoms. The van der Waals surface area contributed by atoms with Crippen LogP contribution in [0.2, 0.25) is 0 Å². The minimum Gasteiger partial charge on any atom is -0.497 e. The molecular formula is C24H25N3O4. The van der Waals surface area contributed by atoms with Gasteiger partial charge in [0, 0.05) is 19.7 Å². The molecule has 7 nitrogen and oxygen atoms in total. The second-order valence-electron chi connectivity index (χ2n) is 7.19. The Morgan fingerprint density at radius 2 is 1.94 bits per heavy atom. The van der Waals surface area contributed by atoms with Crippen molar-refractivity contribution in [2.45, 2.75) is 19.5 Å². The van der Waals surface area contributed by atoms with E-state index in [0.717, 1.165) is 41.3 Å². The van der Waals surface area contributed by atoms with E-state index in [1.165, 1.54) is 6.26 Å². The molecule has 4 aromatic rings. The number of carbonyl (C=O) groups is 1. The standard InChI is InChI=1S/C24H25N3O4/c1-26(24(28)22-12-6-14-31-22)17-23-25-20-10-3-4-11-21(20)27(23)13-7-15-30-19-9-5-8-18(16-19)29-2/h3-6,8-12,14,16H,7,13,15,17H2,1-2H3. The number of carbonyl (C=O) groups excluding carboxylic acids is 1. The fraction of sp³-hybridized carbons (Fsp3) is 0.250. The van der Waals surface area contributed by atoms with Crippen molar-refractivity contribution in [3.05, 3.63) is 78.5 Å². The first kappa shape index (κ1) is 20.5. The SMILES string of the molecule is COc1cccc(OCCCn2c(CN(C)C(=O)c3ccco3)nc3ccccc32)c1. The van der Waals surface area contributed by atoms with E-state index in [9.17, 15) is 4.79 Å². The lowest BCUT2D eigenvalue weighted by atomic mass is 10.3. The summed E-state index contributed by atoms with van der Waals surface area (Å²) in [6.45, 7) is 1.66. The maximum absolute atomic E-state index is 12.6. The van der Waals surface area contributed by atoms with Gasteiger partial charge in [0.05, 0.1) is 37.6 Å². The third-order valence-corrected chi connectivity index (χ3v) is 5.03. The number of benzene rings is 2. The van der Waals surface area contributed by atoms with Gasteiger partial charge in [-0.3, -0.25) is 4.79 Å². The Balaban J connectivity index is 1.45. The number of furan rings is 1. The van der Waals surface area contributed by atoms with Crippen molar-refractivity contribution >= 4 is 16.9 Å². The minimum atomic E-state index is -0.176. The summed E-state index contributed by atoms with van der Waals surface area (Å²) in [5, 5.41) is 0. The Bertz CT molecular complexity index is 1150. The smallest absolute Gasteiger partial charge is 0.289 e. The zero-order chi connectivity index (χ0) is 21.6. The van der Waals surface area contributed by atoms with E-state index in [1.807, 2.05) is 48.5 Å². The number of aryl methyl sites for hydroxylation is 1. The predicted molar refractivity (Wildman–Crippen MR) is 117 cm³/mol. The molecule has 0 aliphatic heterocycles. The van der Waals surface area contributed by atoms with Crippen LogP contribution in [0.4, 0.5) is 0 Å². The maximum Gasteiger partial charge on any atom is 0.289 e. The summed E-state index contributed by atoms with van der Waals surface area (Å²) in [7, 11) is 3.39. The van der Waals surface area contributed by atoms with Gasteiger partial charge in [-0.1, -0.05) is 18.2 Å². The van der Waals surface area contributed by atoms with Crippen molar-refractivity contribution < 1.29 is 18.7 Å². The zero-order valence-corrected chi connectivity index (χ0v) is 17.7. The molecule has 2 aromatic carbocycles.